The van der Waals surface area contributed by atoms with Crippen molar-refractivity contribution in [1.29, 1.82) is 0 Å². The average molecular weight is 823 g/mol. The standard InChI is InChI=1S/C57H34N4OS/c1-4-14-37(15-5-1)55-58-56(38-16-6-2-7-17-38)60-57(59-55)47-33-40(32-46-52-51(63-54(46)47)31-30-45-44-21-11-13-23-50(44)62-53(45)52)36-26-24-35(25-27-36)39-28-29-43-42-20-10-12-22-48(42)61(49(43)34-39)41-18-8-3-9-19-41/h1-34H. The van der Waals surface area contributed by atoms with Crippen molar-refractivity contribution >= 4 is 75.3 Å². The van der Waals surface area contributed by atoms with Crippen LogP contribution in [0.5, 0.6) is 0 Å². The minimum absolute atomic E-state index is 0.626. The van der Waals surface area contributed by atoms with Gasteiger partial charge in [-0.05, 0) is 76.9 Å². The van der Waals surface area contributed by atoms with E-state index in [1.807, 2.05) is 48.5 Å². The summed E-state index contributed by atoms with van der Waals surface area (Å²) in [6, 6.07) is 72.7. The van der Waals surface area contributed by atoms with Crippen LogP contribution in [0.3, 0.4) is 0 Å². The summed E-state index contributed by atoms with van der Waals surface area (Å²) >= 11 is 1.75. The first-order valence-electron chi connectivity index (χ1n) is 21.1. The molecule has 0 saturated heterocycles. The SMILES string of the molecule is c1ccc(-c2nc(-c3ccccc3)nc(-c3cc(-c4ccc(-c5ccc6c7ccccc7n(-c7ccccc7)c6c5)cc4)cc4c3sc3ccc5c6ccccc6oc5c34)n2)cc1. The van der Waals surface area contributed by atoms with Gasteiger partial charge in [0.05, 0.1) is 11.0 Å². The molecule has 0 fully saturated rings. The van der Waals surface area contributed by atoms with Gasteiger partial charge in [0.25, 0.3) is 0 Å². The minimum Gasteiger partial charge on any atom is -0.455 e. The lowest BCUT2D eigenvalue weighted by molar-refractivity contribution is 0.673. The first kappa shape index (κ1) is 35.6. The summed E-state index contributed by atoms with van der Waals surface area (Å²) in [5, 5.41) is 6.91. The topological polar surface area (TPSA) is 56.7 Å². The Kier molecular flexibility index (Phi) is 8.01. The second-order valence-corrected chi connectivity index (χ2v) is 17.0. The third kappa shape index (κ3) is 5.80. The number of rotatable bonds is 6. The van der Waals surface area contributed by atoms with E-state index in [0.29, 0.717) is 17.5 Å². The fourth-order valence-electron chi connectivity index (χ4n) is 9.27. The smallest absolute Gasteiger partial charge is 0.165 e. The molecule has 0 saturated carbocycles. The van der Waals surface area contributed by atoms with E-state index in [0.717, 1.165) is 86.7 Å². The highest BCUT2D eigenvalue weighted by atomic mass is 32.1. The fourth-order valence-corrected chi connectivity index (χ4v) is 10.5. The second kappa shape index (κ2) is 14.2. The quantitative estimate of drug-likeness (QED) is 0.168. The average Bonchev–Trinajstić information content (AvgIpc) is 4.04. The first-order chi connectivity index (χ1) is 31.2. The third-order valence-electron chi connectivity index (χ3n) is 12.3. The van der Waals surface area contributed by atoms with Crippen molar-refractivity contribution in [1.82, 2.24) is 19.5 Å². The molecule has 13 aromatic rings. The van der Waals surface area contributed by atoms with E-state index in [1.165, 1.54) is 21.8 Å². The summed E-state index contributed by atoms with van der Waals surface area (Å²) in [4.78, 5) is 15.5. The number of nitrogens with zero attached hydrogens (tertiary/aromatic N) is 4. The van der Waals surface area contributed by atoms with Gasteiger partial charge in [0.2, 0.25) is 0 Å². The number of thiophene rings is 1. The van der Waals surface area contributed by atoms with Gasteiger partial charge in [0.1, 0.15) is 11.2 Å². The highest BCUT2D eigenvalue weighted by molar-refractivity contribution is 7.26. The van der Waals surface area contributed by atoms with Crippen LogP contribution in [0.25, 0.3) is 126 Å². The number of hydrogen-bond donors (Lipinski definition) is 0. The van der Waals surface area contributed by atoms with Crippen LogP contribution in [0.15, 0.2) is 211 Å². The van der Waals surface area contributed by atoms with Crippen LogP contribution >= 0.6 is 11.3 Å². The van der Waals surface area contributed by atoms with Gasteiger partial charge in [-0.2, -0.15) is 0 Å². The number of para-hydroxylation sites is 3. The summed E-state index contributed by atoms with van der Waals surface area (Å²) < 4.78 is 11.3. The van der Waals surface area contributed by atoms with Gasteiger partial charge in [0, 0.05) is 64.1 Å². The molecule has 4 aromatic heterocycles. The van der Waals surface area contributed by atoms with Crippen molar-refractivity contribution in [3.63, 3.8) is 0 Å². The maximum Gasteiger partial charge on any atom is 0.165 e. The molecule has 0 aliphatic carbocycles. The van der Waals surface area contributed by atoms with Crippen molar-refractivity contribution in [2.45, 2.75) is 0 Å². The Bertz CT molecular complexity index is 3830. The predicted molar refractivity (Wildman–Crippen MR) is 262 cm³/mol. The number of fused-ring (bicyclic) bond motifs is 10. The molecule has 0 radical (unpaired) electrons. The van der Waals surface area contributed by atoms with Crippen molar-refractivity contribution in [3.8, 4) is 62.1 Å². The van der Waals surface area contributed by atoms with Gasteiger partial charge in [-0.15, -0.1) is 11.3 Å². The molecule has 63 heavy (non-hydrogen) atoms. The Labute approximate surface area is 365 Å². The largest absolute Gasteiger partial charge is 0.455 e. The van der Waals surface area contributed by atoms with Crippen LogP contribution in [0.2, 0.25) is 0 Å². The zero-order chi connectivity index (χ0) is 41.4. The minimum atomic E-state index is 0.626. The predicted octanol–water partition coefficient (Wildman–Crippen LogP) is 15.6. The lowest BCUT2D eigenvalue weighted by atomic mass is 9.96. The van der Waals surface area contributed by atoms with E-state index >= 15 is 0 Å². The van der Waals surface area contributed by atoms with E-state index in [2.05, 4.69) is 162 Å². The van der Waals surface area contributed by atoms with Crippen LogP contribution in [0.1, 0.15) is 0 Å². The van der Waals surface area contributed by atoms with Gasteiger partial charge in [0.15, 0.2) is 17.5 Å². The molecule has 0 aliphatic heterocycles. The van der Waals surface area contributed by atoms with Crippen LogP contribution in [0, 0.1) is 0 Å². The third-order valence-corrected chi connectivity index (χ3v) is 13.5. The maximum absolute atomic E-state index is 6.69. The molecule has 0 N–H and O–H groups in total. The molecular formula is C57H34N4OS. The number of hydrogen-bond acceptors (Lipinski definition) is 5. The van der Waals surface area contributed by atoms with Crippen LogP contribution < -0.4 is 0 Å². The zero-order valence-electron chi connectivity index (χ0n) is 33.7. The molecule has 9 aromatic carbocycles. The Morgan fingerprint density at radius 3 is 1.68 bits per heavy atom. The Balaban J connectivity index is 1.01. The molecule has 13 rings (SSSR count). The summed E-state index contributed by atoms with van der Waals surface area (Å²) in [7, 11) is 0. The fraction of sp³-hybridized carbons (Fsp3) is 0. The van der Waals surface area contributed by atoms with E-state index in [1.54, 1.807) is 11.3 Å². The number of aromatic nitrogens is 4. The molecule has 6 heteroatoms. The monoisotopic (exact) mass is 822 g/mol. The molecule has 0 unspecified atom stereocenters. The van der Waals surface area contributed by atoms with Crippen LogP contribution in [0.4, 0.5) is 0 Å². The molecule has 0 spiro atoms. The molecule has 0 atom stereocenters. The lowest BCUT2D eigenvalue weighted by Gasteiger charge is -2.12. The zero-order valence-corrected chi connectivity index (χ0v) is 34.6. The molecular weight excluding hydrogens is 789 g/mol. The van der Waals surface area contributed by atoms with Gasteiger partial charge in [-0.3, -0.25) is 0 Å². The van der Waals surface area contributed by atoms with Crippen molar-refractivity contribution in [2.24, 2.45) is 0 Å². The molecule has 0 bridgehead atoms. The highest BCUT2D eigenvalue weighted by Gasteiger charge is 2.22. The molecule has 0 aliphatic rings. The van der Waals surface area contributed by atoms with Crippen LogP contribution in [-0.2, 0) is 0 Å². The van der Waals surface area contributed by atoms with Crippen LogP contribution in [-0.4, -0.2) is 19.5 Å². The first-order valence-corrected chi connectivity index (χ1v) is 21.9. The van der Waals surface area contributed by atoms with Crippen molar-refractivity contribution in [3.05, 3.63) is 206 Å². The normalized spacial score (nSPS) is 11.8. The summed E-state index contributed by atoms with van der Waals surface area (Å²) in [5.41, 5.74) is 12.6. The Hall–Kier alpha value is -8.19. The second-order valence-electron chi connectivity index (χ2n) is 16.0. The molecule has 0 amide bonds. The van der Waals surface area contributed by atoms with Gasteiger partial charge >= 0.3 is 0 Å². The molecule has 294 valence electrons. The summed E-state index contributed by atoms with van der Waals surface area (Å²) in [5.74, 6) is 1.89. The van der Waals surface area contributed by atoms with E-state index in [4.69, 9.17) is 19.4 Å². The van der Waals surface area contributed by atoms with Gasteiger partial charge in [-0.1, -0.05) is 152 Å². The van der Waals surface area contributed by atoms with E-state index in [-0.39, 0.29) is 0 Å². The maximum atomic E-state index is 6.69. The Morgan fingerprint density at radius 2 is 0.952 bits per heavy atom. The van der Waals surface area contributed by atoms with Gasteiger partial charge < -0.3 is 8.98 Å². The van der Waals surface area contributed by atoms with Crippen molar-refractivity contribution in [2.75, 3.05) is 0 Å². The molecule has 5 nitrogen and oxygen atoms in total. The highest BCUT2D eigenvalue weighted by Crippen LogP contribution is 2.47. The van der Waals surface area contributed by atoms with E-state index < -0.39 is 0 Å². The Morgan fingerprint density at radius 1 is 0.381 bits per heavy atom. The van der Waals surface area contributed by atoms with E-state index in [9.17, 15) is 0 Å². The van der Waals surface area contributed by atoms with Gasteiger partial charge in [-0.25, -0.2) is 15.0 Å². The summed E-state index contributed by atoms with van der Waals surface area (Å²) in [6.07, 6.45) is 0. The van der Waals surface area contributed by atoms with Crippen molar-refractivity contribution < 1.29 is 4.42 Å². The summed E-state index contributed by atoms with van der Waals surface area (Å²) in [6.45, 7) is 0. The molecule has 4 heterocycles. The number of furan rings is 1. The number of benzene rings is 9. The lowest BCUT2D eigenvalue weighted by Crippen LogP contribution is -2.00.